The standard InChI is InChI=1S/C16H19N3O/c1-4-11-5-7-12(8-6-11)13-9-14(20)17-16-15(13)10(2)18-19(16)3/h5-8,13H,4,9H2,1-3H3,(H,17,20)/t13-/m0/s1. The van der Waals surface area contributed by atoms with Crippen LogP contribution in [0.1, 0.15) is 41.6 Å². The van der Waals surface area contributed by atoms with E-state index >= 15 is 0 Å². The van der Waals surface area contributed by atoms with Crippen molar-refractivity contribution in [2.45, 2.75) is 32.6 Å². The number of nitrogens with zero attached hydrogens (tertiary/aromatic N) is 2. The van der Waals surface area contributed by atoms with E-state index in [1.807, 2.05) is 14.0 Å². The molecule has 0 radical (unpaired) electrons. The second-order valence-corrected chi connectivity index (χ2v) is 5.37. The third kappa shape index (κ3) is 2.01. The first-order valence-corrected chi connectivity index (χ1v) is 7.02. The third-order valence-electron chi connectivity index (χ3n) is 4.05. The number of amides is 1. The monoisotopic (exact) mass is 269 g/mol. The number of aromatic nitrogens is 2. The molecule has 1 aliphatic rings. The maximum atomic E-state index is 11.9. The van der Waals surface area contributed by atoms with Crippen LogP contribution < -0.4 is 5.32 Å². The molecule has 1 aromatic carbocycles. The van der Waals surface area contributed by atoms with Crippen LogP contribution in [0.25, 0.3) is 0 Å². The molecule has 3 rings (SSSR count). The highest BCUT2D eigenvalue weighted by Gasteiger charge is 2.31. The molecule has 0 saturated carbocycles. The molecule has 104 valence electrons. The number of anilines is 1. The molecule has 4 nitrogen and oxygen atoms in total. The minimum atomic E-state index is 0.0602. The van der Waals surface area contributed by atoms with E-state index in [0.29, 0.717) is 6.42 Å². The van der Waals surface area contributed by atoms with Crippen LogP contribution in [0.4, 0.5) is 5.82 Å². The van der Waals surface area contributed by atoms with Crippen molar-refractivity contribution in [1.29, 1.82) is 0 Å². The molecule has 1 aromatic heterocycles. The summed E-state index contributed by atoms with van der Waals surface area (Å²) in [4.78, 5) is 11.9. The van der Waals surface area contributed by atoms with Gasteiger partial charge in [-0.05, 0) is 24.5 Å². The highest BCUT2D eigenvalue weighted by Crippen LogP contribution is 2.38. The number of aryl methyl sites for hydroxylation is 3. The second-order valence-electron chi connectivity index (χ2n) is 5.37. The minimum Gasteiger partial charge on any atom is -0.311 e. The average molecular weight is 269 g/mol. The summed E-state index contributed by atoms with van der Waals surface area (Å²) in [7, 11) is 1.87. The Morgan fingerprint density at radius 3 is 2.70 bits per heavy atom. The molecule has 0 unspecified atom stereocenters. The maximum absolute atomic E-state index is 11.9. The molecule has 2 aromatic rings. The Hall–Kier alpha value is -2.10. The average Bonchev–Trinajstić information content (AvgIpc) is 2.73. The number of hydrogen-bond acceptors (Lipinski definition) is 2. The quantitative estimate of drug-likeness (QED) is 0.911. The van der Waals surface area contributed by atoms with E-state index in [9.17, 15) is 4.79 Å². The fourth-order valence-electron chi connectivity index (χ4n) is 2.98. The van der Waals surface area contributed by atoms with E-state index in [-0.39, 0.29) is 11.8 Å². The zero-order valence-electron chi connectivity index (χ0n) is 12.1. The summed E-state index contributed by atoms with van der Waals surface area (Å²) >= 11 is 0. The molecule has 1 aliphatic heterocycles. The summed E-state index contributed by atoms with van der Waals surface area (Å²) in [6.45, 7) is 4.15. The van der Waals surface area contributed by atoms with Gasteiger partial charge in [0.1, 0.15) is 5.82 Å². The lowest BCUT2D eigenvalue weighted by Crippen LogP contribution is -2.24. The van der Waals surface area contributed by atoms with Crippen LogP contribution in [0.5, 0.6) is 0 Å². The van der Waals surface area contributed by atoms with Gasteiger partial charge in [-0.3, -0.25) is 9.48 Å². The molecular weight excluding hydrogens is 250 g/mol. The molecule has 20 heavy (non-hydrogen) atoms. The summed E-state index contributed by atoms with van der Waals surface area (Å²) in [5.41, 5.74) is 4.65. The lowest BCUT2D eigenvalue weighted by molar-refractivity contribution is -0.116. The minimum absolute atomic E-state index is 0.0602. The van der Waals surface area contributed by atoms with Gasteiger partial charge < -0.3 is 5.32 Å². The van der Waals surface area contributed by atoms with Gasteiger partial charge in [-0.25, -0.2) is 0 Å². The van der Waals surface area contributed by atoms with Crippen molar-refractivity contribution in [2.24, 2.45) is 7.05 Å². The van der Waals surface area contributed by atoms with E-state index < -0.39 is 0 Å². The van der Waals surface area contributed by atoms with Crippen LogP contribution in [0, 0.1) is 6.92 Å². The van der Waals surface area contributed by atoms with E-state index in [0.717, 1.165) is 23.5 Å². The lowest BCUT2D eigenvalue weighted by Gasteiger charge is -2.24. The van der Waals surface area contributed by atoms with Gasteiger partial charge in [0, 0.05) is 24.9 Å². The summed E-state index contributed by atoms with van der Waals surface area (Å²) < 4.78 is 1.76. The Kier molecular flexibility index (Phi) is 3.08. The van der Waals surface area contributed by atoms with Gasteiger partial charge in [0.15, 0.2) is 0 Å². The van der Waals surface area contributed by atoms with E-state index in [4.69, 9.17) is 0 Å². The molecular formula is C16H19N3O. The van der Waals surface area contributed by atoms with Crippen LogP contribution in [-0.4, -0.2) is 15.7 Å². The number of benzene rings is 1. The first-order valence-electron chi connectivity index (χ1n) is 7.02. The highest BCUT2D eigenvalue weighted by atomic mass is 16.1. The predicted molar refractivity (Wildman–Crippen MR) is 78.9 cm³/mol. The zero-order chi connectivity index (χ0) is 14.3. The summed E-state index contributed by atoms with van der Waals surface area (Å²) in [6, 6.07) is 8.57. The van der Waals surface area contributed by atoms with E-state index in [1.165, 1.54) is 11.1 Å². The Bertz CT molecular complexity index is 655. The van der Waals surface area contributed by atoms with Gasteiger partial charge >= 0.3 is 0 Å². The van der Waals surface area contributed by atoms with Crippen LogP contribution in [0.2, 0.25) is 0 Å². The number of carbonyl (C=O) groups is 1. The van der Waals surface area contributed by atoms with E-state index in [1.54, 1.807) is 4.68 Å². The topological polar surface area (TPSA) is 46.9 Å². The highest BCUT2D eigenvalue weighted by molar-refractivity contribution is 5.94. The largest absolute Gasteiger partial charge is 0.311 e. The summed E-state index contributed by atoms with van der Waals surface area (Å²) in [5.74, 6) is 1.01. The zero-order valence-corrected chi connectivity index (χ0v) is 12.1. The van der Waals surface area contributed by atoms with Gasteiger partial charge in [-0.2, -0.15) is 5.10 Å². The first kappa shape index (κ1) is 12.9. The van der Waals surface area contributed by atoms with Crippen molar-refractivity contribution in [3.05, 3.63) is 46.6 Å². The van der Waals surface area contributed by atoms with Gasteiger partial charge in [-0.15, -0.1) is 0 Å². The molecule has 1 amide bonds. The smallest absolute Gasteiger partial charge is 0.226 e. The number of hydrogen-bond donors (Lipinski definition) is 1. The third-order valence-corrected chi connectivity index (χ3v) is 4.05. The molecule has 0 aliphatic carbocycles. The van der Waals surface area contributed by atoms with Gasteiger partial charge in [0.25, 0.3) is 0 Å². The molecule has 1 N–H and O–H groups in total. The summed E-state index contributed by atoms with van der Waals surface area (Å²) in [5, 5.41) is 7.37. The van der Waals surface area contributed by atoms with Crippen molar-refractivity contribution >= 4 is 11.7 Å². The van der Waals surface area contributed by atoms with Crippen molar-refractivity contribution in [2.75, 3.05) is 5.32 Å². The van der Waals surface area contributed by atoms with E-state index in [2.05, 4.69) is 41.6 Å². The Morgan fingerprint density at radius 1 is 1.35 bits per heavy atom. The van der Waals surface area contributed by atoms with Crippen LogP contribution in [-0.2, 0) is 18.3 Å². The SMILES string of the molecule is CCc1ccc([C@@H]2CC(=O)Nc3c2c(C)nn3C)cc1. The molecule has 1 atom stereocenters. The van der Waals surface area contributed by atoms with Gasteiger partial charge in [0.2, 0.25) is 5.91 Å². The fourth-order valence-corrected chi connectivity index (χ4v) is 2.98. The van der Waals surface area contributed by atoms with Crippen LogP contribution >= 0.6 is 0 Å². The second kappa shape index (κ2) is 4.78. The van der Waals surface area contributed by atoms with Crippen molar-refractivity contribution in [1.82, 2.24) is 9.78 Å². The molecule has 2 heterocycles. The van der Waals surface area contributed by atoms with Crippen LogP contribution in [0.15, 0.2) is 24.3 Å². The molecule has 4 heteroatoms. The number of rotatable bonds is 2. The number of carbonyl (C=O) groups excluding carboxylic acids is 1. The summed E-state index contributed by atoms with van der Waals surface area (Å²) in [6.07, 6.45) is 1.52. The first-order chi connectivity index (χ1) is 9.60. The van der Waals surface area contributed by atoms with Crippen molar-refractivity contribution in [3.8, 4) is 0 Å². The predicted octanol–water partition coefficient (Wildman–Crippen LogP) is 2.77. The number of nitrogens with one attached hydrogen (secondary N) is 1. The van der Waals surface area contributed by atoms with Gasteiger partial charge in [-0.1, -0.05) is 31.2 Å². The maximum Gasteiger partial charge on any atom is 0.226 e. The van der Waals surface area contributed by atoms with Crippen molar-refractivity contribution in [3.63, 3.8) is 0 Å². The normalized spacial score (nSPS) is 17.8. The van der Waals surface area contributed by atoms with Crippen LogP contribution in [0.3, 0.4) is 0 Å². The van der Waals surface area contributed by atoms with Crippen molar-refractivity contribution < 1.29 is 4.79 Å². The molecule has 0 fully saturated rings. The number of fused-ring (bicyclic) bond motifs is 1. The lowest BCUT2D eigenvalue weighted by atomic mass is 9.85. The Balaban J connectivity index is 2.07. The molecule has 0 saturated heterocycles. The molecule has 0 bridgehead atoms. The molecule has 0 spiro atoms. The fraction of sp³-hybridized carbons (Fsp3) is 0.375. The van der Waals surface area contributed by atoms with Gasteiger partial charge in [0.05, 0.1) is 5.69 Å². The Labute approximate surface area is 118 Å². The Morgan fingerprint density at radius 2 is 2.05 bits per heavy atom.